The van der Waals surface area contributed by atoms with E-state index in [4.69, 9.17) is 4.74 Å². The van der Waals surface area contributed by atoms with Crippen molar-refractivity contribution in [2.75, 3.05) is 0 Å². The van der Waals surface area contributed by atoms with Gasteiger partial charge in [-0.15, -0.1) is 0 Å². The van der Waals surface area contributed by atoms with Crippen LogP contribution >= 0.6 is 22.6 Å². The molecular weight excluding hydrogens is 339 g/mol. The number of hydrogen-bond donors (Lipinski definition) is 0. The summed E-state index contributed by atoms with van der Waals surface area (Å²) in [7, 11) is 0. The summed E-state index contributed by atoms with van der Waals surface area (Å²) in [6, 6.07) is 7.53. The van der Waals surface area contributed by atoms with Gasteiger partial charge in [-0.1, -0.05) is 24.6 Å². The van der Waals surface area contributed by atoms with Crippen LogP contribution in [0.15, 0.2) is 36.4 Å². The lowest BCUT2D eigenvalue weighted by Crippen LogP contribution is -2.17. The highest BCUT2D eigenvalue weighted by Gasteiger charge is 2.16. The molecule has 1 aromatic rings. The van der Waals surface area contributed by atoms with Crippen molar-refractivity contribution in [1.29, 1.82) is 0 Å². The molecule has 0 N–H and O–H groups in total. The smallest absolute Gasteiger partial charge is 0.339 e. The van der Waals surface area contributed by atoms with Crippen LogP contribution in [0, 0.1) is 3.57 Å². The molecule has 0 radical (unpaired) electrons. The molecule has 0 saturated carbocycles. The molecule has 0 saturated heterocycles. The van der Waals surface area contributed by atoms with Crippen LogP contribution < -0.4 is 0 Å². The van der Waals surface area contributed by atoms with Crippen molar-refractivity contribution in [2.24, 2.45) is 0 Å². The molecule has 0 aliphatic heterocycles. The van der Waals surface area contributed by atoms with E-state index in [9.17, 15) is 4.79 Å². The zero-order valence-electron chi connectivity index (χ0n) is 10.3. The van der Waals surface area contributed by atoms with Gasteiger partial charge in [0, 0.05) is 3.57 Å². The number of ether oxygens (including phenoxy) is 1. The number of halogens is 1. The molecule has 0 bridgehead atoms. The minimum Gasteiger partial charge on any atom is -0.455 e. The Hall–Kier alpha value is -0.840. The Morgan fingerprint density at radius 1 is 1.22 bits per heavy atom. The highest BCUT2D eigenvalue weighted by molar-refractivity contribution is 14.1. The summed E-state index contributed by atoms with van der Waals surface area (Å²) in [5.74, 6) is -0.213. The first kappa shape index (κ1) is 13.6. The number of carbonyl (C=O) groups excluding carboxylic acids is 1. The van der Waals surface area contributed by atoms with E-state index in [-0.39, 0.29) is 12.1 Å². The van der Waals surface area contributed by atoms with E-state index < -0.39 is 0 Å². The summed E-state index contributed by atoms with van der Waals surface area (Å²) < 4.78 is 6.50. The molecule has 1 aromatic carbocycles. The molecule has 1 aliphatic rings. The van der Waals surface area contributed by atoms with Gasteiger partial charge in [0.05, 0.1) is 5.56 Å². The number of allylic oxidation sites excluding steroid dienone is 1. The minimum atomic E-state index is -0.213. The first-order chi connectivity index (χ1) is 8.77. The van der Waals surface area contributed by atoms with Gasteiger partial charge in [-0.25, -0.2) is 4.79 Å². The van der Waals surface area contributed by atoms with Crippen LogP contribution in [-0.2, 0) is 4.74 Å². The Morgan fingerprint density at radius 3 is 2.89 bits per heavy atom. The summed E-state index contributed by atoms with van der Waals surface area (Å²) in [5, 5.41) is 0. The number of rotatable bonds is 2. The lowest BCUT2D eigenvalue weighted by Gasteiger charge is -2.16. The third-order valence-electron chi connectivity index (χ3n) is 3.06. The van der Waals surface area contributed by atoms with E-state index in [0.29, 0.717) is 5.56 Å². The normalized spacial score (nSPS) is 21.7. The Kier molecular flexibility index (Phi) is 5.23. The minimum absolute atomic E-state index is 0.0613. The van der Waals surface area contributed by atoms with Crippen molar-refractivity contribution < 1.29 is 9.53 Å². The maximum absolute atomic E-state index is 12.1. The predicted octanol–water partition coefficient (Wildman–Crippen LogP) is 4.34. The van der Waals surface area contributed by atoms with Gasteiger partial charge >= 0.3 is 5.97 Å². The number of esters is 1. The number of carbonyl (C=O) groups is 1. The fourth-order valence-electron chi connectivity index (χ4n) is 2.05. The third-order valence-corrected chi connectivity index (χ3v) is 4.00. The molecule has 1 atom stereocenters. The van der Waals surface area contributed by atoms with Crippen molar-refractivity contribution in [3.05, 3.63) is 45.6 Å². The van der Waals surface area contributed by atoms with Crippen LogP contribution in [0.25, 0.3) is 0 Å². The van der Waals surface area contributed by atoms with Gasteiger partial charge in [0.2, 0.25) is 0 Å². The summed E-state index contributed by atoms with van der Waals surface area (Å²) >= 11 is 2.16. The Labute approximate surface area is 122 Å². The molecule has 2 rings (SSSR count). The van der Waals surface area contributed by atoms with Crippen molar-refractivity contribution in [3.8, 4) is 0 Å². The summed E-state index contributed by atoms with van der Waals surface area (Å²) in [4.78, 5) is 12.1. The Morgan fingerprint density at radius 2 is 2.06 bits per heavy atom. The number of hydrogen-bond acceptors (Lipinski definition) is 2. The Balaban J connectivity index is 2.02. The van der Waals surface area contributed by atoms with Crippen LogP contribution in [0.1, 0.15) is 42.5 Å². The standard InChI is InChI=1S/C15H17IO2/c16-14-11-7-6-10-13(14)15(17)18-12-8-4-2-1-3-5-9-12/h4,6-8,10-12H,1-3,5,9H2/b8-4-. The van der Waals surface area contributed by atoms with E-state index in [2.05, 4.69) is 28.7 Å². The van der Waals surface area contributed by atoms with E-state index in [1.807, 2.05) is 30.3 Å². The molecular formula is C15H17IO2. The summed E-state index contributed by atoms with van der Waals surface area (Å²) in [6.45, 7) is 0. The van der Waals surface area contributed by atoms with Gasteiger partial charge in [0.15, 0.2) is 0 Å². The number of benzene rings is 1. The van der Waals surface area contributed by atoms with Crippen LogP contribution in [0.2, 0.25) is 0 Å². The van der Waals surface area contributed by atoms with Crippen molar-refractivity contribution in [2.45, 2.75) is 38.2 Å². The van der Waals surface area contributed by atoms with E-state index in [1.54, 1.807) is 0 Å². The molecule has 96 valence electrons. The average Bonchev–Trinajstić information content (AvgIpc) is 2.33. The summed E-state index contributed by atoms with van der Waals surface area (Å²) in [5.41, 5.74) is 0.661. The van der Waals surface area contributed by atoms with E-state index >= 15 is 0 Å². The first-order valence-corrected chi connectivity index (χ1v) is 7.47. The zero-order chi connectivity index (χ0) is 12.8. The molecule has 0 spiro atoms. The second kappa shape index (κ2) is 6.92. The average molecular weight is 356 g/mol. The zero-order valence-corrected chi connectivity index (χ0v) is 12.4. The molecule has 2 nitrogen and oxygen atoms in total. The monoisotopic (exact) mass is 356 g/mol. The molecule has 18 heavy (non-hydrogen) atoms. The first-order valence-electron chi connectivity index (χ1n) is 6.39. The molecule has 0 aromatic heterocycles. The quantitative estimate of drug-likeness (QED) is 0.448. The topological polar surface area (TPSA) is 26.3 Å². The largest absolute Gasteiger partial charge is 0.455 e. The van der Waals surface area contributed by atoms with Gasteiger partial charge in [-0.05, 0) is 66.5 Å². The van der Waals surface area contributed by atoms with Crippen LogP contribution in [-0.4, -0.2) is 12.1 Å². The maximum Gasteiger partial charge on any atom is 0.339 e. The lowest BCUT2D eigenvalue weighted by molar-refractivity contribution is 0.0372. The third kappa shape index (κ3) is 3.83. The second-order valence-corrected chi connectivity index (χ2v) is 5.65. The van der Waals surface area contributed by atoms with E-state index in [0.717, 1.165) is 22.8 Å². The highest BCUT2D eigenvalue weighted by atomic mass is 127. The molecule has 0 amide bonds. The Bertz CT molecular complexity index is 440. The predicted molar refractivity (Wildman–Crippen MR) is 80.6 cm³/mol. The van der Waals surface area contributed by atoms with Crippen molar-refractivity contribution in [1.82, 2.24) is 0 Å². The van der Waals surface area contributed by atoms with Crippen LogP contribution in [0.5, 0.6) is 0 Å². The van der Waals surface area contributed by atoms with E-state index in [1.165, 1.54) is 12.8 Å². The SMILES string of the molecule is O=C(OC1/C=C\CCCCC1)c1ccccc1I. The van der Waals surface area contributed by atoms with Crippen LogP contribution in [0.4, 0.5) is 0 Å². The van der Waals surface area contributed by atoms with Crippen molar-refractivity contribution >= 4 is 28.6 Å². The molecule has 1 aliphatic carbocycles. The highest BCUT2D eigenvalue weighted by Crippen LogP contribution is 2.18. The molecule has 1 unspecified atom stereocenters. The van der Waals surface area contributed by atoms with Crippen molar-refractivity contribution in [3.63, 3.8) is 0 Å². The van der Waals surface area contributed by atoms with Gasteiger partial charge in [-0.2, -0.15) is 0 Å². The fraction of sp³-hybridized carbons (Fsp3) is 0.400. The molecule has 0 heterocycles. The van der Waals surface area contributed by atoms with Gasteiger partial charge in [0.1, 0.15) is 6.10 Å². The fourth-order valence-corrected chi connectivity index (χ4v) is 2.66. The van der Waals surface area contributed by atoms with Crippen LogP contribution in [0.3, 0.4) is 0 Å². The van der Waals surface area contributed by atoms with Gasteiger partial charge in [-0.3, -0.25) is 0 Å². The maximum atomic E-state index is 12.1. The summed E-state index contributed by atoms with van der Waals surface area (Å²) in [6.07, 6.45) is 9.74. The molecule has 3 heteroatoms. The van der Waals surface area contributed by atoms with Gasteiger partial charge in [0.25, 0.3) is 0 Å². The second-order valence-electron chi connectivity index (χ2n) is 4.49. The lowest BCUT2D eigenvalue weighted by atomic mass is 10.0. The van der Waals surface area contributed by atoms with Gasteiger partial charge < -0.3 is 4.74 Å². The molecule has 0 fully saturated rings.